The summed E-state index contributed by atoms with van der Waals surface area (Å²) in [6.07, 6.45) is 0.613. The Balaban J connectivity index is 1.95. The molecule has 0 radical (unpaired) electrons. The van der Waals surface area contributed by atoms with Gasteiger partial charge in [0.2, 0.25) is 11.8 Å². The summed E-state index contributed by atoms with van der Waals surface area (Å²) in [6, 6.07) is 12.4. The molecule has 7 heteroatoms. The van der Waals surface area contributed by atoms with E-state index in [1.54, 1.807) is 24.3 Å². The SMILES string of the molecule is COc1ccc(NC(=O)CN(CCc2cccc(Cl)c2)C(C)=O)cc1Cl. The number of carbonyl (C=O) groups excluding carboxylic acids is 2. The number of carbonyl (C=O) groups is 2. The monoisotopic (exact) mass is 394 g/mol. The quantitative estimate of drug-likeness (QED) is 0.770. The molecule has 2 rings (SSSR count). The summed E-state index contributed by atoms with van der Waals surface area (Å²) in [4.78, 5) is 25.6. The maximum Gasteiger partial charge on any atom is 0.243 e. The molecule has 0 heterocycles. The van der Waals surface area contributed by atoms with Gasteiger partial charge in [0, 0.05) is 24.2 Å². The molecule has 0 unspecified atom stereocenters. The smallest absolute Gasteiger partial charge is 0.243 e. The van der Waals surface area contributed by atoms with Crippen LogP contribution in [0.4, 0.5) is 5.69 Å². The van der Waals surface area contributed by atoms with Crippen LogP contribution in [0.25, 0.3) is 0 Å². The van der Waals surface area contributed by atoms with Gasteiger partial charge in [-0.3, -0.25) is 9.59 Å². The van der Waals surface area contributed by atoms with Crippen LogP contribution in [-0.4, -0.2) is 36.9 Å². The van der Waals surface area contributed by atoms with Gasteiger partial charge in [0.05, 0.1) is 18.7 Å². The summed E-state index contributed by atoms with van der Waals surface area (Å²) >= 11 is 12.0. The number of hydrogen-bond donors (Lipinski definition) is 1. The maximum atomic E-state index is 12.3. The number of halogens is 2. The molecular formula is C19H20Cl2N2O3. The number of nitrogens with one attached hydrogen (secondary N) is 1. The number of rotatable bonds is 7. The van der Waals surface area contributed by atoms with Crippen LogP contribution in [0.5, 0.6) is 5.75 Å². The minimum absolute atomic E-state index is 0.0421. The zero-order valence-corrected chi connectivity index (χ0v) is 16.1. The van der Waals surface area contributed by atoms with Gasteiger partial charge in [-0.25, -0.2) is 0 Å². The van der Waals surface area contributed by atoms with E-state index in [2.05, 4.69) is 5.32 Å². The molecule has 0 spiro atoms. The molecule has 2 amide bonds. The lowest BCUT2D eigenvalue weighted by atomic mass is 10.1. The molecule has 0 saturated heterocycles. The molecule has 0 aliphatic heterocycles. The molecule has 0 saturated carbocycles. The minimum atomic E-state index is -0.299. The number of hydrogen-bond acceptors (Lipinski definition) is 3. The second kappa shape index (κ2) is 9.46. The van der Waals surface area contributed by atoms with Gasteiger partial charge < -0.3 is 15.0 Å². The molecule has 0 aromatic heterocycles. The fraction of sp³-hybridized carbons (Fsp3) is 0.263. The highest BCUT2D eigenvalue weighted by Gasteiger charge is 2.14. The third kappa shape index (κ3) is 5.93. The number of ether oxygens (including phenoxy) is 1. The number of methoxy groups -OCH3 is 1. The van der Waals surface area contributed by atoms with Crippen molar-refractivity contribution >= 4 is 40.7 Å². The number of benzene rings is 2. The van der Waals surface area contributed by atoms with Gasteiger partial charge in [0.25, 0.3) is 0 Å². The molecule has 1 N–H and O–H groups in total. The molecule has 0 bridgehead atoms. The molecule has 0 fully saturated rings. The Kier molecular flexibility index (Phi) is 7.30. The normalized spacial score (nSPS) is 10.3. The fourth-order valence-corrected chi connectivity index (χ4v) is 2.89. The van der Waals surface area contributed by atoms with E-state index in [0.29, 0.717) is 34.4 Å². The summed E-state index contributed by atoms with van der Waals surface area (Å²) in [7, 11) is 1.52. The van der Waals surface area contributed by atoms with Crippen LogP contribution in [0.3, 0.4) is 0 Å². The average molecular weight is 395 g/mol. The molecule has 0 atom stereocenters. The van der Waals surface area contributed by atoms with Crippen molar-refractivity contribution in [3.63, 3.8) is 0 Å². The van der Waals surface area contributed by atoms with Crippen molar-refractivity contribution in [2.75, 3.05) is 25.5 Å². The largest absolute Gasteiger partial charge is 0.495 e. The molecule has 2 aromatic rings. The van der Waals surface area contributed by atoms with Crippen LogP contribution in [-0.2, 0) is 16.0 Å². The molecule has 26 heavy (non-hydrogen) atoms. The summed E-state index contributed by atoms with van der Waals surface area (Å²) in [5, 5.41) is 3.78. The first-order chi connectivity index (χ1) is 12.4. The van der Waals surface area contributed by atoms with Crippen molar-refractivity contribution in [3.05, 3.63) is 58.1 Å². The van der Waals surface area contributed by atoms with Crippen LogP contribution < -0.4 is 10.1 Å². The Bertz CT molecular complexity index is 796. The minimum Gasteiger partial charge on any atom is -0.495 e. The lowest BCUT2D eigenvalue weighted by molar-refractivity contribution is -0.132. The Morgan fingerprint density at radius 2 is 1.92 bits per heavy atom. The van der Waals surface area contributed by atoms with Crippen LogP contribution in [0.15, 0.2) is 42.5 Å². The third-order valence-corrected chi connectivity index (χ3v) is 4.31. The zero-order valence-electron chi connectivity index (χ0n) is 14.6. The predicted octanol–water partition coefficient (Wildman–Crippen LogP) is 4.03. The summed E-state index contributed by atoms with van der Waals surface area (Å²) in [5.74, 6) is 0.0546. The van der Waals surface area contributed by atoms with E-state index >= 15 is 0 Å². The van der Waals surface area contributed by atoms with Crippen molar-refractivity contribution in [3.8, 4) is 5.75 Å². The molecule has 0 aliphatic carbocycles. The highest BCUT2D eigenvalue weighted by molar-refractivity contribution is 6.32. The Morgan fingerprint density at radius 1 is 1.15 bits per heavy atom. The highest BCUT2D eigenvalue weighted by Crippen LogP contribution is 2.27. The first-order valence-electron chi connectivity index (χ1n) is 8.02. The lowest BCUT2D eigenvalue weighted by Gasteiger charge is -2.20. The van der Waals surface area contributed by atoms with E-state index < -0.39 is 0 Å². The maximum absolute atomic E-state index is 12.3. The van der Waals surface area contributed by atoms with E-state index in [-0.39, 0.29) is 18.4 Å². The van der Waals surface area contributed by atoms with Gasteiger partial charge in [-0.1, -0.05) is 35.3 Å². The van der Waals surface area contributed by atoms with Crippen molar-refractivity contribution in [2.24, 2.45) is 0 Å². The van der Waals surface area contributed by atoms with Gasteiger partial charge >= 0.3 is 0 Å². The Morgan fingerprint density at radius 3 is 2.54 bits per heavy atom. The molecule has 0 aliphatic rings. The van der Waals surface area contributed by atoms with Crippen molar-refractivity contribution < 1.29 is 14.3 Å². The topological polar surface area (TPSA) is 58.6 Å². The van der Waals surface area contributed by atoms with Crippen LogP contribution >= 0.6 is 23.2 Å². The first kappa shape index (κ1) is 20.1. The van der Waals surface area contributed by atoms with E-state index in [1.165, 1.54) is 18.9 Å². The number of nitrogens with zero attached hydrogens (tertiary/aromatic N) is 1. The third-order valence-electron chi connectivity index (χ3n) is 3.77. The fourth-order valence-electron chi connectivity index (χ4n) is 2.42. The second-order valence-electron chi connectivity index (χ2n) is 5.72. The van der Waals surface area contributed by atoms with Gasteiger partial charge in [-0.2, -0.15) is 0 Å². The average Bonchev–Trinajstić information content (AvgIpc) is 2.58. The Labute approximate surface area is 162 Å². The number of anilines is 1. The van der Waals surface area contributed by atoms with Gasteiger partial charge in [-0.15, -0.1) is 0 Å². The van der Waals surface area contributed by atoms with Crippen molar-refractivity contribution in [1.29, 1.82) is 0 Å². The van der Waals surface area contributed by atoms with Crippen molar-refractivity contribution in [1.82, 2.24) is 4.90 Å². The van der Waals surface area contributed by atoms with E-state index in [1.807, 2.05) is 18.2 Å². The molecular weight excluding hydrogens is 375 g/mol. The standard InChI is InChI=1S/C19H20Cl2N2O3/c1-13(24)23(9-8-14-4-3-5-15(20)10-14)12-19(25)22-16-6-7-18(26-2)17(21)11-16/h3-7,10-11H,8-9,12H2,1-2H3,(H,22,25). The Hall–Kier alpha value is -2.24. The molecule has 2 aromatic carbocycles. The lowest BCUT2D eigenvalue weighted by Crippen LogP contribution is -2.38. The van der Waals surface area contributed by atoms with Gasteiger partial charge in [0.15, 0.2) is 0 Å². The van der Waals surface area contributed by atoms with E-state index in [9.17, 15) is 9.59 Å². The van der Waals surface area contributed by atoms with Gasteiger partial charge in [-0.05, 0) is 42.3 Å². The van der Waals surface area contributed by atoms with E-state index in [0.717, 1.165) is 5.56 Å². The highest BCUT2D eigenvalue weighted by atomic mass is 35.5. The molecule has 5 nitrogen and oxygen atoms in total. The molecule has 138 valence electrons. The van der Waals surface area contributed by atoms with E-state index in [4.69, 9.17) is 27.9 Å². The second-order valence-corrected chi connectivity index (χ2v) is 6.56. The summed E-state index contributed by atoms with van der Waals surface area (Å²) in [6.45, 7) is 1.82. The van der Waals surface area contributed by atoms with Gasteiger partial charge in [0.1, 0.15) is 5.75 Å². The number of amides is 2. The zero-order chi connectivity index (χ0) is 19.1. The van der Waals surface area contributed by atoms with Crippen LogP contribution in [0.1, 0.15) is 12.5 Å². The summed E-state index contributed by atoms with van der Waals surface area (Å²) in [5.41, 5.74) is 1.55. The first-order valence-corrected chi connectivity index (χ1v) is 8.78. The van der Waals surface area contributed by atoms with Crippen molar-refractivity contribution in [2.45, 2.75) is 13.3 Å². The summed E-state index contributed by atoms with van der Waals surface area (Å²) < 4.78 is 5.08. The predicted molar refractivity (Wildman–Crippen MR) is 104 cm³/mol. The van der Waals surface area contributed by atoms with Crippen LogP contribution in [0.2, 0.25) is 10.0 Å². The van der Waals surface area contributed by atoms with Crippen LogP contribution in [0, 0.1) is 0 Å².